The molecule has 18 heavy (non-hydrogen) atoms. The van der Waals surface area contributed by atoms with E-state index in [0.717, 1.165) is 18.5 Å². The first kappa shape index (κ1) is 13.1. The van der Waals surface area contributed by atoms with Crippen molar-refractivity contribution in [1.29, 1.82) is 0 Å². The van der Waals surface area contributed by atoms with Crippen LogP contribution >= 0.6 is 0 Å². The Balaban J connectivity index is 2.37. The predicted molar refractivity (Wildman–Crippen MR) is 76.1 cm³/mol. The van der Waals surface area contributed by atoms with Crippen LogP contribution in [0.5, 0.6) is 0 Å². The highest BCUT2D eigenvalue weighted by molar-refractivity contribution is 5.94. The number of hydrogen-bond acceptors (Lipinski definition) is 1. The predicted octanol–water partition coefficient (Wildman–Crippen LogP) is 3.89. The molecule has 1 aromatic carbocycles. The molecule has 1 heterocycles. The molecule has 0 unspecified atom stereocenters. The van der Waals surface area contributed by atoms with Crippen LogP contribution in [0.2, 0.25) is 0 Å². The smallest absolute Gasteiger partial charge is 0.226 e. The van der Waals surface area contributed by atoms with Gasteiger partial charge in [-0.25, -0.2) is 0 Å². The average molecular weight is 245 g/mol. The van der Waals surface area contributed by atoms with E-state index in [2.05, 4.69) is 32.0 Å². The van der Waals surface area contributed by atoms with Crippen LogP contribution in [0.25, 0.3) is 0 Å². The van der Waals surface area contributed by atoms with Crippen molar-refractivity contribution >= 4 is 11.6 Å². The summed E-state index contributed by atoms with van der Waals surface area (Å²) in [6, 6.07) is 6.65. The highest BCUT2D eigenvalue weighted by Gasteiger charge is 2.19. The zero-order valence-electron chi connectivity index (χ0n) is 11.7. The summed E-state index contributed by atoms with van der Waals surface area (Å²) in [5.74, 6) is 0.892. The Kier molecular flexibility index (Phi) is 4.05. The maximum absolute atomic E-state index is 11.8. The van der Waals surface area contributed by atoms with Crippen molar-refractivity contribution in [2.45, 2.75) is 51.9 Å². The first-order valence-corrected chi connectivity index (χ1v) is 7.06. The molecule has 0 radical (unpaired) electrons. The van der Waals surface area contributed by atoms with E-state index in [4.69, 9.17) is 0 Å². The van der Waals surface area contributed by atoms with Gasteiger partial charge in [0.05, 0.1) is 0 Å². The lowest BCUT2D eigenvalue weighted by Gasteiger charge is -2.20. The van der Waals surface area contributed by atoms with Gasteiger partial charge in [-0.2, -0.15) is 0 Å². The van der Waals surface area contributed by atoms with Crippen LogP contribution in [0.4, 0.5) is 5.69 Å². The highest BCUT2D eigenvalue weighted by Crippen LogP contribution is 2.31. The molecule has 0 N–H and O–H groups in total. The Morgan fingerprint density at radius 1 is 1.22 bits per heavy atom. The van der Waals surface area contributed by atoms with E-state index in [-0.39, 0.29) is 5.91 Å². The molecule has 0 fully saturated rings. The van der Waals surface area contributed by atoms with Crippen molar-refractivity contribution in [3.05, 3.63) is 29.3 Å². The van der Waals surface area contributed by atoms with E-state index < -0.39 is 0 Å². The minimum absolute atomic E-state index is 0.240. The number of nitrogens with zero attached hydrogens (tertiary/aromatic N) is 1. The summed E-state index contributed by atoms with van der Waals surface area (Å²) >= 11 is 0. The highest BCUT2D eigenvalue weighted by atomic mass is 16.2. The van der Waals surface area contributed by atoms with Crippen molar-refractivity contribution < 1.29 is 4.79 Å². The Morgan fingerprint density at radius 2 is 1.94 bits per heavy atom. The van der Waals surface area contributed by atoms with Crippen molar-refractivity contribution in [3.63, 3.8) is 0 Å². The van der Waals surface area contributed by atoms with Gasteiger partial charge in [0.2, 0.25) is 5.91 Å². The molecular formula is C16H23NO. The number of fused-ring (bicyclic) bond motifs is 1. The van der Waals surface area contributed by atoms with Crippen LogP contribution in [-0.4, -0.2) is 13.0 Å². The van der Waals surface area contributed by atoms with Crippen LogP contribution < -0.4 is 4.90 Å². The van der Waals surface area contributed by atoms with E-state index in [0.29, 0.717) is 12.3 Å². The van der Waals surface area contributed by atoms with Crippen molar-refractivity contribution in [2.24, 2.45) is 0 Å². The number of rotatable bonds is 3. The SMILES string of the molecule is CCC(CC)c1ccc2c(c1)CCCC(=O)N2C. The average Bonchev–Trinajstić information content (AvgIpc) is 2.52. The molecule has 1 aliphatic heterocycles. The van der Waals surface area contributed by atoms with Crippen LogP contribution in [0.15, 0.2) is 18.2 Å². The number of carbonyl (C=O) groups is 1. The van der Waals surface area contributed by atoms with Gasteiger partial charge in [0.25, 0.3) is 0 Å². The van der Waals surface area contributed by atoms with E-state index in [1.165, 1.54) is 24.0 Å². The maximum atomic E-state index is 11.8. The molecule has 0 atom stereocenters. The minimum Gasteiger partial charge on any atom is -0.315 e. The molecule has 0 saturated carbocycles. The first-order valence-electron chi connectivity index (χ1n) is 7.06. The van der Waals surface area contributed by atoms with E-state index in [1.54, 1.807) is 0 Å². The maximum Gasteiger partial charge on any atom is 0.226 e. The van der Waals surface area contributed by atoms with Gasteiger partial charge in [-0.1, -0.05) is 26.0 Å². The number of benzene rings is 1. The lowest BCUT2D eigenvalue weighted by atomic mass is 9.91. The fourth-order valence-electron chi connectivity index (χ4n) is 2.88. The first-order chi connectivity index (χ1) is 8.67. The summed E-state index contributed by atoms with van der Waals surface area (Å²) in [5, 5.41) is 0. The Bertz CT molecular complexity index is 435. The zero-order valence-corrected chi connectivity index (χ0v) is 11.7. The van der Waals surface area contributed by atoms with Crippen molar-refractivity contribution in [3.8, 4) is 0 Å². The fraction of sp³-hybridized carbons (Fsp3) is 0.562. The van der Waals surface area contributed by atoms with Gasteiger partial charge in [-0.05, 0) is 48.8 Å². The molecule has 0 saturated heterocycles. The van der Waals surface area contributed by atoms with Crippen LogP contribution in [0, 0.1) is 0 Å². The molecule has 98 valence electrons. The summed E-state index contributed by atoms with van der Waals surface area (Å²) < 4.78 is 0. The molecule has 0 aliphatic carbocycles. The monoisotopic (exact) mass is 245 g/mol. The van der Waals surface area contributed by atoms with E-state index >= 15 is 0 Å². The lowest BCUT2D eigenvalue weighted by molar-refractivity contribution is -0.118. The Hall–Kier alpha value is -1.31. The molecule has 1 aliphatic rings. The third-order valence-corrected chi connectivity index (χ3v) is 4.13. The molecule has 0 bridgehead atoms. The van der Waals surface area contributed by atoms with E-state index in [1.807, 2.05) is 11.9 Å². The quantitative estimate of drug-likeness (QED) is 0.791. The molecule has 1 amide bonds. The van der Waals surface area contributed by atoms with Gasteiger partial charge in [0.15, 0.2) is 0 Å². The molecule has 2 nitrogen and oxygen atoms in total. The lowest BCUT2D eigenvalue weighted by Crippen LogP contribution is -2.25. The number of aryl methyl sites for hydroxylation is 1. The van der Waals surface area contributed by atoms with Gasteiger partial charge >= 0.3 is 0 Å². The molecule has 0 aromatic heterocycles. The summed E-state index contributed by atoms with van der Waals surface area (Å²) in [5.41, 5.74) is 3.88. The fourth-order valence-corrected chi connectivity index (χ4v) is 2.88. The molecular weight excluding hydrogens is 222 g/mol. The second kappa shape index (κ2) is 5.55. The third kappa shape index (κ3) is 2.43. The summed E-state index contributed by atoms with van der Waals surface area (Å²) in [7, 11) is 1.89. The minimum atomic E-state index is 0.240. The van der Waals surface area contributed by atoms with Crippen LogP contribution in [-0.2, 0) is 11.2 Å². The zero-order chi connectivity index (χ0) is 13.1. The summed E-state index contributed by atoms with van der Waals surface area (Å²) in [4.78, 5) is 13.7. The Morgan fingerprint density at radius 3 is 2.61 bits per heavy atom. The normalized spacial score (nSPS) is 15.8. The van der Waals surface area contributed by atoms with Gasteiger partial charge < -0.3 is 4.90 Å². The van der Waals surface area contributed by atoms with Crippen LogP contribution in [0.1, 0.15) is 56.6 Å². The molecule has 1 aromatic rings. The van der Waals surface area contributed by atoms with Gasteiger partial charge in [0.1, 0.15) is 0 Å². The molecule has 2 heteroatoms. The number of carbonyl (C=O) groups excluding carboxylic acids is 1. The number of anilines is 1. The molecule has 2 rings (SSSR count). The number of amides is 1. The number of hydrogen-bond donors (Lipinski definition) is 0. The summed E-state index contributed by atoms with van der Waals surface area (Å²) in [6.07, 6.45) is 5.04. The second-order valence-electron chi connectivity index (χ2n) is 5.21. The van der Waals surface area contributed by atoms with Gasteiger partial charge in [-0.15, -0.1) is 0 Å². The largest absolute Gasteiger partial charge is 0.315 e. The summed E-state index contributed by atoms with van der Waals surface area (Å²) in [6.45, 7) is 4.49. The molecule has 0 spiro atoms. The van der Waals surface area contributed by atoms with Gasteiger partial charge in [0, 0.05) is 19.2 Å². The topological polar surface area (TPSA) is 20.3 Å². The third-order valence-electron chi connectivity index (χ3n) is 4.13. The Labute approximate surface area is 110 Å². The van der Waals surface area contributed by atoms with Gasteiger partial charge in [-0.3, -0.25) is 4.79 Å². The van der Waals surface area contributed by atoms with Crippen LogP contribution in [0.3, 0.4) is 0 Å². The second-order valence-corrected chi connectivity index (χ2v) is 5.21. The van der Waals surface area contributed by atoms with Crippen molar-refractivity contribution in [1.82, 2.24) is 0 Å². The van der Waals surface area contributed by atoms with Crippen molar-refractivity contribution in [2.75, 3.05) is 11.9 Å². The van der Waals surface area contributed by atoms with E-state index in [9.17, 15) is 4.79 Å². The standard InChI is InChI=1S/C16H23NO/c1-4-12(5-2)13-9-10-15-14(11-13)7-6-8-16(18)17(15)3/h9-12H,4-8H2,1-3H3.